The maximum absolute atomic E-state index is 12.5. The van der Waals surface area contributed by atoms with E-state index in [0.717, 1.165) is 0 Å². The van der Waals surface area contributed by atoms with E-state index in [1.807, 2.05) is 6.07 Å². The van der Waals surface area contributed by atoms with E-state index >= 15 is 0 Å². The van der Waals surface area contributed by atoms with Crippen LogP contribution in [0.2, 0.25) is 0 Å². The molecule has 0 fully saturated rings. The molecule has 1 aromatic rings. The number of fused-ring (bicyclic) bond motifs is 1. The first-order chi connectivity index (χ1) is 12.0. The Morgan fingerprint density at radius 3 is 2.00 bits per heavy atom. The van der Waals surface area contributed by atoms with Gasteiger partial charge in [-0.1, -0.05) is 30.3 Å². The number of carbonyl (C=O) groups excluding carboxylic acids is 3. The SMILES string of the molecule is COC(=O)c1c2cccccc-2c(C(C)=O)c1-c1ccc(C(C)=O)o1. The van der Waals surface area contributed by atoms with Crippen LogP contribution < -0.4 is 0 Å². The minimum atomic E-state index is -0.570. The van der Waals surface area contributed by atoms with Gasteiger partial charge in [-0.25, -0.2) is 4.79 Å². The number of hydrogen-bond acceptors (Lipinski definition) is 5. The summed E-state index contributed by atoms with van der Waals surface area (Å²) in [5, 5.41) is 0. The Morgan fingerprint density at radius 1 is 0.840 bits per heavy atom. The number of hydrogen-bond donors (Lipinski definition) is 0. The van der Waals surface area contributed by atoms with Gasteiger partial charge >= 0.3 is 5.97 Å². The number of Topliss-reactive ketones (excluding diaryl/α,β-unsaturated/α-hetero) is 2. The van der Waals surface area contributed by atoms with Gasteiger partial charge in [0.15, 0.2) is 17.3 Å². The van der Waals surface area contributed by atoms with E-state index in [1.54, 1.807) is 30.3 Å². The van der Waals surface area contributed by atoms with Crippen molar-refractivity contribution in [2.75, 3.05) is 7.11 Å². The minimum Gasteiger partial charge on any atom is -0.465 e. The van der Waals surface area contributed by atoms with Crippen LogP contribution in [0, 0.1) is 0 Å². The molecule has 0 spiro atoms. The van der Waals surface area contributed by atoms with E-state index in [1.165, 1.54) is 27.0 Å². The highest BCUT2D eigenvalue weighted by Gasteiger charge is 2.31. The number of esters is 1. The monoisotopic (exact) mass is 336 g/mol. The molecule has 0 saturated carbocycles. The third-order valence-electron chi connectivity index (χ3n) is 4.02. The lowest BCUT2D eigenvalue weighted by Gasteiger charge is -2.03. The predicted octanol–water partition coefficient (Wildman–Crippen LogP) is 4.24. The van der Waals surface area contributed by atoms with Crippen LogP contribution in [0.15, 0.2) is 46.9 Å². The zero-order valence-electron chi connectivity index (χ0n) is 14.1. The Kier molecular flexibility index (Phi) is 4.23. The molecule has 0 aromatic carbocycles. The summed E-state index contributed by atoms with van der Waals surface area (Å²) < 4.78 is 10.5. The third kappa shape index (κ3) is 2.74. The van der Waals surface area contributed by atoms with Crippen LogP contribution in [0.5, 0.6) is 0 Å². The molecular formula is C20H16O5. The number of ketones is 2. The summed E-state index contributed by atoms with van der Waals surface area (Å²) in [7, 11) is 1.28. The molecule has 1 aromatic heterocycles. The average Bonchev–Trinajstić information content (AvgIpc) is 3.10. The first kappa shape index (κ1) is 16.6. The Balaban J connectivity index is 2.43. The van der Waals surface area contributed by atoms with Crippen molar-refractivity contribution in [1.29, 1.82) is 0 Å². The zero-order chi connectivity index (χ0) is 18.1. The van der Waals surface area contributed by atoms with Gasteiger partial charge in [-0.15, -0.1) is 0 Å². The summed E-state index contributed by atoms with van der Waals surface area (Å²) in [6.07, 6.45) is 0. The molecule has 2 aliphatic carbocycles. The molecule has 0 radical (unpaired) electrons. The highest BCUT2D eigenvalue weighted by molar-refractivity contribution is 6.17. The van der Waals surface area contributed by atoms with Crippen molar-refractivity contribution in [3.05, 3.63) is 59.4 Å². The van der Waals surface area contributed by atoms with Crippen LogP contribution in [-0.2, 0) is 4.74 Å². The molecule has 0 saturated heterocycles. The molecule has 5 heteroatoms. The maximum Gasteiger partial charge on any atom is 0.339 e. The summed E-state index contributed by atoms with van der Waals surface area (Å²) in [6.45, 7) is 2.82. The second kappa shape index (κ2) is 6.36. The highest BCUT2D eigenvalue weighted by atomic mass is 16.5. The van der Waals surface area contributed by atoms with Crippen LogP contribution in [-0.4, -0.2) is 24.6 Å². The van der Waals surface area contributed by atoms with Crippen molar-refractivity contribution in [1.82, 2.24) is 0 Å². The van der Waals surface area contributed by atoms with Crippen molar-refractivity contribution in [3.8, 4) is 22.5 Å². The van der Waals surface area contributed by atoms with Crippen LogP contribution in [0.1, 0.15) is 45.1 Å². The largest absolute Gasteiger partial charge is 0.465 e. The zero-order valence-corrected chi connectivity index (χ0v) is 14.1. The van der Waals surface area contributed by atoms with Crippen molar-refractivity contribution in [2.45, 2.75) is 13.8 Å². The lowest BCUT2D eigenvalue weighted by molar-refractivity contribution is 0.0602. The number of ether oxygens (including phenoxy) is 1. The first-order valence-corrected chi connectivity index (χ1v) is 7.70. The van der Waals surface area contributed by atoms with Gasteiger partial charge in [-0.3, -0.25) is 9.59 Å². The number of methoxy groups -OCH3 is 1. The van der Waals surface area contributed by atoms with Gasteiger partial charge in [0.25, 0.3) is 0 Å². The van der Waals surface area contributed by atoms with Gasteiger partial charge in [-0.05, 0) is 30.2 Å². The summed E-state index contributed by atoms with van der Waals surface area (Å²) in [4.78, 5) is 36.4. The fourth-order valence-electron chi connectivity index (χ4n) is 2.97. The molecule has 0 aliphatic heterocycles. The van der Waals surface area contributed by atoms with Crippen molar-refractivity contribution in [2.24, 2.45) is 0 Å². The number of rotatable bonds is 4. The molecule has 2 aliphatic rings. The fraction of sp³-hybridized carbons (Fsp3) is 0.150. The molecule has 5 nitrogen and oxygen atoms in total. The van der Waals surface area contributed by atoms with Gasteiger partial charge < -0.3 is 9.15 Å². The van der Waals surface area contributed by atoms with Gasteiger partial charge in [0, 0.05) is 18.1 Å². The second-order valence-electron chi connectivity index (χ2n) is 5.63. The molecule has 126 valence electrons. The van der Waals surface area contributed by atoms with Gasteiger partial charge in [0.1, 0.15) is 5.76 Å². The topological polar surface area (TPSA) is 73.6 Å². The quantitative estimate of drug-likeness (QED) is 0.526. The maximum atomic E-state index is 12.5. The molecule has 0 unspecified atom stereocenters. The standard InChI is InChI=1S/C20H16O5/c1-11(21)15-9-10-16(25-15)19-17(12(2)22)13-7-5-4-6-8-14(13)18(19)20(23)24-3/h4-10H,1-3H3. The Hall–Kier alpha value is -3.21. The summed E-state index contributed by atoms with van der Waals surface area (Å²) in [5.41, 5.74) is 2.21. The fourth-order valence-corrected chi connectivity index (χ4v) is 2.97. The van der Waals surface area contributed by atoms with E-state index in [0.29, 0.717) is 22.3 Å². The van der Waals surface area contributed by atoms with Crippen molar-refractivity contribution >= 4 is 17.5 Å². The normalized spacial score (nSPS) is 10.7. The van der Waals surface area contributed by atoms with Crippen LogP contribution in [0.3, 0.4) is 0 Å². The smallest absolute Gasteiger partial charge is 0.339 e. The minimum absolute atomic E-state index is 0.163. The van der Waals surface area contributed by atoms with Crippen LogP contribution in [0.25, 0.3) is 22.5 Å². The van der Waals surface area contributed by atoms with Crippen molar-refractivity contribution < 1.29 is 23.5 Å². The van der Waals surface area contributed by atoms with Crippen LogP contribution >= 0.6 is 0 Å². The van der Waals surface area contributed by atoms with Crippen molar-refractivity contribution in [3.63, 3.8) is 0 Å². The predicted molar refractivity (Wildman–Crippen MR) is 92.1 cm³/mol. The van der Waals surface area contributed by atoms with Gasteiger partial charge in [0.05, 0.1) is 12.7 Å². The third-order valence-corrected chi connectivity index (χ3v) is 4.02. The molecule has 0 amide bonds. The lowest BCUT2D eigenvalue weighted by atomic mass is 10.0. The van der Waals surface area contributed by atoms with E-state index < -0.39 is 5.97 Å². The first-order valence-electron chi connectivity index (χ1n) is 7.70. The number of carbonyl (C=O) groups is 3. The average molecular weight is 336 g/mol. The summed E-state index contributed by atoms with van der Waals surface area (Å²) in [6, 6.07) is 12.0. The summed E-state index contributed by atoms with van der Waals surface area (Å²) in [5.74, 6) is -0.565. The Labute approximate surface area is 144 Å². The van der Waals surface area contributed by atoms with E-state index in [2.05, 4.69) is 0 Å². The molecular weight excluding hydrogens is 320 g/mol. The molecule has 25 heavy (non-hydrogen) atoms. The molecule has 3 rings (SSSR count). The van der Waals surface area contributed by atoms with Gasteiger partial charge in [-0.2, -0.15) is 0 Å². The van der Waals surface area contributed by atoms with Gasteiger partial charge in [0.2, 0.25) is 0 Å². The summed E-state index contributed by atoms with van der Waals surface area (Å²) >= 11 is 0. The van der Waals surface area contributed by atoms with E-state index in [-0.39, 0.29) is 28.7 Å². The molecule has 0 N–H and O–H groups in total. The Bertz CT molecular complexity index is 964. The second-order valence-corrected chi connectivity index (χ2v) is 5.63. The molecule has 1 heterocycles. The van der Waals surface area contributed by atoms with Crippen LogP contribution in [0.4, 0.5) is 0 Å². The number of furan rings is 1. The van der Waals surface area contributed by atoms with E-state index in [9.17, 15) is 14.4 Å². The molecule has 0 atom stereocenters. The van der Waals surface area contributed by atoms with E-state index in [4.69, 9.17) is 9.15 Å². The molecule has 0 bridgehead atoms. The lowest BCUT2D eigenvalue weighted by Crippen LogP contribution is -2.03. The highest BCUT2D eigenvalue weighted by Crippen LogP contribution is 2.43. The Morgan fingerprint density at radius 2 is 1.48 bits per heavy atom.